The molecule has 2 heteroatoms. The summed E-state index contributed by atoms with van der Waals surface area (Å²) in [7, 11) is 0. The molecule has 0 aromatic heterocycles. The predicted octanol–water partition coefficient (Wildman–Crippen LogP) is 3.84. The van der Waals surface area contributed by atoms with Gasteiger partial charge in [0.05, 0.1) is 0 Å². The minimum absolute atomic E-state index is 0.158. The summed E-state index contributed by atoms with van der Waals surface area (Å²) in [5, 5.41) is 0. The van der Waals surface area contributed by atoms with Crippen molar-refractivity contribution >= 4 is 0 Å². The Kier molecular flexibility index (Phi) is 4.18. The summed E-state index contributed by atoms with van der Waals surface area (Å²) in [4.78, 5) is 2.28. The second kappa shape index (κ2) is 5.68. The molecule has 19 heavy (non-hydrogen) atoms. The lowest BCUT2D eigenvalue weighted by Gasteiger charge is -2.28. The predicted molar refractivity (Wildman–Crippen MR) is 79.8 cm³/mol. The van der Waals surface area contributed by atoms with Crippen LogP contribution in [0.1, 0.15) is 32.8 Å². The van der Waals surface area contributed by atoms with Crippen molar-refractivity contribution in [2.45, 2.75) is 39.2 Å². The first-order valence-corrected chi connectivity index (χ1v) is 7.11. The van der Waals surface area contributed by atoms with E-state index in [1.165, 1.54) is 12.0 Å². The first-order chi connectivity index (χ1) is 8.94. The summed E-state index contributed by atoms with van der Waals surface area (Å²) in [5.74, 6) is 1.53. The van der Waals surface area contributed by atoms with Gasteiger partial charge in [-0.2, -0.15) is 0 Å². The zero-order valence-corrected chi connectivity index (χ0v) is 12.4. The van der Waals surface area contributed by atoms with Crippen LogP contribution in [0.25, 0.3) is 0 Å². The van der Waals surface area contributed by atoms with Gasteiger partial charge in [-0.1, -0.05) is 30.3 Å². The van der Waals surface area contributed by atoms with Crippen molar-refractivity contribution in [3.05, 3.63) is 48.4 Å². The maximum absolute atomic E-state index is 5.85. The summed E-state index contributed by atoms with van der Waals surface area (Å²) in [6.07, 6.45) is 2.38. The smallest absolute Gasteiger partial charge is 0.182 e. The highest BCUT2D eigenvalue weighted by atomic mass is 16.5. The quantitative estimate of drug-likeness (QED) is 0.762. The summed E-state index contributed by atoms with van der Waals surface area (Å²) in [6.45, 7) is 12.4. The van der Waals surface area contributed by atoms with Gasteiger partial charge in [0.2, 0.25) is 0 Å². The molecule has 1 aromatic carbocycles. The van der Waals surface area contributed by atoms with Crippen molar-refractivity contribution in [2.75, 3.05) is 13.1 Å². The van der Waals surface area contributed by atoms with Crippen LogP contribution in [-0.4, -0.2) is 23.6 Å². The summed E-state index contributed by atoms with van der Waals surface area (Å²) >= 11 is 0. The first kappa shape index (κ1) is 14.0. The molecule has 1 atom stereocenters. The van der Waals surface area contributed by atoms with Crippen LogP contribution in [0.5, 0.6) is 0 Å². The lowest BCUT2D eigenvalue weighted by molar-refractivity contribution is 0.00804. The van der Waals surface area contributed by atoms with E-state index in [9.17, 15) is 0 Å². The van der Waals surface area contributed by atoms with E-state index in [4.69, 9.17) is 4.74 Å². The molecule has 0 aliphatic carbocycles. The van der Waals surface area contributed by atoms with E-state index < -0.39 is 0 Å². The number of likely N-dealkylation sites (tertiary alicyclic amines) is 1. The molecule has 0 amide bonds. The average molecular weight is 259 g/mol. The molecule has 0 bridgehead atoms. The number of hydrogen-bond acceptors (Lipinski definition) is 2. The van der Waals surface area contributed by atoms with Crippen LogP contribution >= 0.6 is 0 Å². The Morgan fingerprint density at radius 3 is 2.63 bits per heavy atom. The Morgan fingerprint density at radius 1 is 1.32 bits per heavy atom. The number of ether oxygens (including phenoxy) is 1. The van der Waals surface area contributed by atoms with E-state index in [0.29, 0.717) is 5.92 Å². The van der Waals surface area contributed by atoms with Crippen molar-refractivity contribution in [1.82, 2.24) is 4.90 Å². The van der Waals surface area contributed by atoms with Crippen molar-refractivity contribution in [3.63, 3.8) is 0 Å². The third-order valence-corrected chi connectivity index (χ3v) is 3.43. The van der Waals surface area contributed by atoms with Gasteiger partial charge in [-0.25, -0.2) is 0 Å². The van der Waals surface area contributed by atoms with Gasteiger partial charge in [0.25, 0.3) is 0 Å². The minimum atomic E-state index is -0.158. The fourth-order valence-electron chi connectivity index (χ4n) is 2.59. The minimum Gasteiger partial charge on any atom is -0.474 e. The Bertz CT molecular complexity index is 419. The van der Waals surface area contributed by atoms with Gasteiger partial charge >= 0.3 is 0 Å². The van der Waals surface area contributed by atoms with Crippen LogP contribution < -0.4 is 0 Å². The highest BCUT2D eigenvalue weighted by Crippen LogP contribution is 2.25. The molecule has 1 heterocycles. The van der Waals surface area contributed by atoms with Crippen LogP contribution in [0.2, 0.25) is 0 Å². The molecule has 1 aromatic rings. The van der Waals surface area contributed by atoms with Gasteiger partial charge in [0.15, 0.2) is 5.88 Å². The Labute approximate surface area is 117 Å². The molecule has 1 saturated heterocycles. The van der Waals surface area contributed by atoms with E-state index >= 15 is 0 Å². The SMILES string of the molecule is C=C(OC(C)(C)C)N1CC[C@@H](Cc2ccccc2)C1. The van der Waals surface area contributed by atoms with Crippen LogP contribution in [-0.2, 0) is 11.2 Å². The lowest BCUT2D eigenvalue weighted by atomic mass is 9.99. The number of hydrogen-bond donors (Lipinski definition) is 0. The van der Waals surface area contributed by atoms with Gasteiger partial charge in [-0.3, -0.25) is 0 Å². The fraction of sp³-hybridized carbons (Fsp3) is 0.529. The Morgan fingerprint density at radius 2 is 2.00 bits per heavy atom. The number of rotatable bonds is 4. The molecule has 0 saturated carbocycles. The van der Waals surface area contributed by atoms with Gasteiger partial charge in [0.1, 0.15) is 5.60 Å². The van der Waals surface area contributed by atoms with E-state index in [1.807, 2.05) is 0 Å². The second-order valence-corrected chi connectivity index (χ2v) is 6.40. The van der Waals surface area contributed by atoms with Crippen molar-refractivity contribution in [2.24, 2.45) is 5.92 Å². The summed E-state index contributed by atoms with van der Waals surface area (Å²) < 4.78 is 5.85. The first-order valence-electron chi connectivity index (χ1n) is 7.11. The summed E-state index contributed by atoms with van der Waals surface area (Å²) in [5.41, 5.74) is 1.27. The van der Waals surface area contributed by atoms with Gasteiger partial charge < -0.3 is 9.64 Å². The highest BCUT2D eigenvalue weighted by Gasteiger charge is 2.26. The third kappa shape index (κ3) is 4.30. The van der Waals surface area contributed by atoms with Gasteiger partial charge in [-0.05, 0) is 51.7 Å². The third-order valence-electron chi connectivity index (χ3n) is 3.43. The molecular formula is C17H25NO. The summed E-state index contributed by atoms with van der Waals surface area (Å²) in [6, 6.07) is 10.7. The average Bonchev–Trinajstić information content (AvgIpc) is 2.77. The van der Waals surface area contributed by atoms with E-state index in [-0.39, 0.29) is 5.60 Å². The zero-order valence-electron chi connectivity index (χ0n) is 12.4. The van der Waals surface area contributed by atoms with E-state index in [1.54, 1.807) is 0 Å². The van der Waals surface area contributed by atoms with Crippen molar-refractivity contribution in [3.8, 4) is 0 Å². The fourth-order valence-corrected chi connectivity index (χ4v) is 2.59. The highest BCUT2D eigenvalue weighted by molar-refractivity contribution is 5.15. The van der Waals surface area contributed by atoms with Gasteiger partial charge in [0, 0.05) is 13.1 Å². The van der Waals surface area contributed by atoms with Crippen molar-refractivity contribution in [1.29, 1.82) is 0 Å². The van der Waals surface area contributed by atoms with Crippen LogP contribution in [0.3, 0.4) is 0 Å². The number of nitrogens with zero attached hydrogens (tertiary/aromatic N) is 1. The van der Waals surface area contributed by atoms with Crippen LogP contribution in [0.15, 0.2) is 42.8 Å². The maximum Gasteiger partial charge on any atom is 0.182 e. The molecule has 0 radical (unpaired) electrons. The van der Waals surface area contributed by atoms with E-state index in [2.05, 4.69) is 62.6 Å². The molecule has 1 fully saturated rings. The largest absolute Gasteiger partial charge is 0.474 e. The number of benzene rings is 1. The maximum atomic E-state index is 5.85. The molecule has 0 N–H and O–H groups in total. The van der Waals surface area contributed by atoms with Crippen molar-refractivity contribution < 1.29 is 4.74 Å². The monoisotopic (exact) mass is 259 g/mol. The molecule has 2 rings (SSSR count). The standard InChI is InChI=1S/C17H25NO/c1-14(19-17(2,3)4)18-11-10-16(13-18)12-15-8-6-5-7-9-15/h5-9,16H,1,10-13H2,2-4H3/t16-/m0/s1. The van der Waals surface area contributed by atoms with E-state index in [0.717, 1.165) is 25.4 Å². The normalized spacial score (nSPS) is 19.5. The molecule has 0 spiro atoms. The molecule has 1 aliphatic heterocycles. The second-order valence-electron chi connectivity index (χ2n) is 6.40. The Balaban J connectivity index is 1.85. The van der Waals surface area contributed by atoms with Crippen LogP contribution in [0, 0.1) is 5.92 Å². The van der Waals surface area contributed by atoms with Crippen LogP contribution in [0.4, 0.5) is 0 Å². The lowest BCUT2D eigenvalue weighted by Crippen LogP contribution is -2.28. The molecule has 104 valence electrons. The zero-order chi connectivity index (χ0) is 13.9. The molecule has 2 nitrogen and oxygen atoms in total. The Hall–Kier alpha value is -1.44. The molecule has 1 aliphatic rings. The molecule has 0 unspecified atom stereocenters. The molecular weight excluding hydrogens is 234 g/mol. The van der Waals surface area contributed by atoms with Gasteiger partial charge in [-0.15, -0.1) is 0 Å². The topological polar surface area (TPSA) is 12.5 Å².